The first-order valence-electron chi connectivity index (χ1n) is 8.69. The van der Waals surface area contributed by atoms with Crippen LogP contribution in [0.3, 0.4) is 0 Å². The summed E-state index contributed by atoms with van der Waals surface area (Å²) in [6, 6.07) is 12.0. The highest BCUT2D eigenvalue weighted by atomic mass is 16.5. The van der Waals surface area contributed by atoms with Gasteiger partial charge < -0.3 is 9.47 Å². The van der Waals surface area contributed by atoms with E-state index < -0.39 is 0 Å². The Morgan fingerprint density at radius 1 is 1.12 bits per heavy atom. The van der Waals surface area contributed by atoms with Gasteiger partial charge in [0, 0.05) is 42.6 Å². The molecule has 5 nitrogen and oxygen atoms in total. The molecular weight excluding hydrogens is 314 g/mol. The summed E-state index contributed by atoms with van der Waals surface area (Å²) in [7, 11) is 0. The van der Waals surface area contributed by atoms with Crippen molar-refractivity contribution in [2.24, 2.45) is 0 Å². The Balaban J connectivity index is 1.47. The van der Waals surface area contributed by atoms with Gasteiger partial charge in [0.25, 0.3) is 0 Å². The Morgan fingerprint density at radius 2 is 2.04 bits per heavy atom. The van der Waals surface area contributed by atoms with Crippen LogP contribution in [0.15, 0.2) is 61.2 Å². The van der Waals surface area contributed by atoms with E-state index in [1.165, 1.54) is 6.42 Å². The van der Waals surface area contributed by atoms with Gasteiger partial charge in [-0.25, -0.2) is 4.98 Å². The molecule has 0 N–H and O–H groups in total. The van der Waals surface area contributed by atoms with Crippen LogP contribution in [0.1, 0.15) is 19.3 Å². The Morgan fingerprint density at radius 3 is 2.80 bits per heavy atom. The quantitative estimate of drug-likeness (QED) is 0.710. The Labute approximate surface area is 147 Å². The van der Waals surface area contributed by atoms with Crippen LogP contribution in [-0.2, 0) is 4.74 Å². The lowest BCUT2D eigenvalue weighted by Crippen LogP contribution is -2.25. The highest BCUT2D eigenvalue weighted by molar-refractivity contribution is 5.57. The van der Waals surface area contributed by atoms with E-state index in [0.29, 0.717) is 6.61 Å². The molecule has 0 saturated carbocycles. The fraction of sp³-hybridized carbons (Fsp3) is 0.300. The minimum absolute atomic E-state index is 0.222. The van der Waals surface area contributed by atoms with E-state index in [2.05, 4.69) is 9.97 Å². The fourth-order valence-electron chi connectivity index (χ4n) is 3.05. The monoisotopic (exact) mass is 335 g/mol. The molecule has 128 valence electrons. The molecule has 1 aliphatic heterocycles. The summed E-state index contributed by atoms with van der Waals surface area (Å²) in [6.45, 7) is 1.47. The minimum Gasteiger partial charge on any atom is -0.491 e. The highest BCUT2D eigenvalue weighted by Gasteiger charge is 2.14. The van der Waals surface area contributed by atoms with E-state index in [4.69, 9.17) is 9.47 Å². The van der Waals surface area contributed by atoms with Crippen molar-refractivity contribution >= 4 is 0 Å². The maximum Gasteiger partial charge on any atom is 0.146 e. The SMILES string of the molecule is c1cncc(-c2nccn2-c2ccc(OC[C@H]3CCCCO3)cc2)c1. The first-order valence-corrected chi connectivity index (χ1v) is 8.69. The van der Waals surface area contributed by atoms with Crippen molar-refractivity contribution in [3.8, 4) is 22.8 Å². The van der Waals surface area contributed by atoms with Gasteiger partial charge in [0.2, 0.25) is 0 Å². The Bertz CT molecular complexity index is 793. The first-order chi connectivity index (χ1) is 12.4. The van der Waals surface area contributed by atoms with E-state index >= 15 is 0 Å². The van der Waals surface area contributed by atoms with Gasteiger partial charge in [0.1, 0.15) is 18.2 Å². The molecule has 1 aromatic carbocycles. The molecular formula is C20H21N3O2. The lowest BCUT2D eigenvalue weighted by molar-refractivity contribution is -0.0110. The van der Waals surface area contributed by atoms with Crippen LogP contribution in [-0.4, -0.2) is 33.9 Å². The van der Waals surface area contributed by atoms with Crippen LogP contribution < -0.4 is 4.74 Å². The summed E-state index contributed by atoms with van der Waals surface area (Å²) in [5.41, 5.74) is 2.03. The summed E-state index contributed by atoms with van der Waals surface area (Å²) in [5, 5.41) is 0. The zero-order valence-corrected chi connectivity index (χ0v) is 14.0. The molecule has 1 aliphatic rings. The number of benzene rings is 1. The van der Waals surface area contributed by atoms with E-state index in [9.17, 15) is 0 Å². The molecule has 1 fully saturated rings. The smallest absolute Gasteiger partial charge is 0.146 e. The Kier molecular flexibility index (Phi) is 4.74. The van der Waals surface area contributed by atoms with E-state index in [1.807, 2.05) is 53.4 Å². The first kappa shape index (κ1) is 15.8. The number of aromatic nitrogens is 3. The second kappa shape index (κ2) is 7.49. The molecule has 0 aliphatic carbocycles. The molecule has 4 rings (SSSR count). The molecule has 0 bridgehead atoms. The summed E-state index contributed by atoms with van der Waals surface area (Å²) in [6.07, 6.45) is 11.0. The number of ether oxygens (including phenoxy) is 2. The van der Waals surface area contributed by atoms with Crippen molar-refractivity contribution in [1.29, 1.82) is 0 Å². The van der Waals surface area contributed by atoms with E-state index in [0.717, 1.165) is 42.3 Å². The summed E-state index contributed by atoms with van der Waals surface area (Å²) < 4.78 is 13.6. The van der Waals surface area contributed by atoms with Crippen molar-refractivity contribution in [2.75, 3.05) is 13.2 Å². The lowest BCUT2D eigenvalue weighted by Gasteiger charge is -2.22. The maximum absolute atomic E-state index is 5.87. The molecule has 3 aromatic rings. The largest absolute Gasteiger partial charge is 0.491 e. The predicted molar refractivity (Wildman–Crippen MR) is 95.9 cm³/mol. The normalized spacial score (nSPS) is 17.4. The van der Waals surface area contributed by atoms with Crippen LogP contribution in [0.2, 0.25) is 0 Å². The van der Waals surface area contributed by atoms with Crippen LogP contribution in [0.4, 0.5) is 0 Å². The molecule has 0 amide bonds. The average molecular weight is 335 g/mol. The summed E-state index contributed by atoms with van der Waals surface area (Å²) in [4.78, 5) is 8.63. The zero-order chi connectivity index (χ0) is 16.9. The number of hydrogen-bond acceptors (Lipinski definition) is 4. The van der Waals surface area contributed by atoms with Gasteiger partial charge in [-0.05, 0) is 55.7 Å². The number of imidazole rings is 1. The predicted octanol–water partition coefficient (Wildman–Crippen LogP) is 3.88. The molecule has 2 aromatic heterocycles. The molecule has 3 heterocycles. The third-order valence-electron chi connectivity index (χ3n) is 4.39. The van der Waals surface area contributed by atoms with Gasteiger partial charge in [-0.15, -0.1) is 0 Å². The maximum atomic E-state index is 5.87. The Hall–Kier alpha value is -2.66. The van der Waals surface area contributed by atoms with Gasteiger partial charge in [0.15, 0.2) is 0 Å². The van der Waals surface area contributed by atoms with Gasteiger partial charge in [-0.2, -0.15) is 0 Å². The highest BCUT2D eigenvalue weighted by Crippen LogP contribution is 2.23. The molecule has 0 unspecified atom stereocenters. The second-order valence-corrected chi connectivity index (χ2v) is 6.16. The van der Waals surface area contributed by atoms with Crippen molar-refractivity contribution in [2.45, 2.75) is 25.4 Å². The van der Waals surface area contributed by atoms with E-state index in [-0.39, 0.29) is 6.10 Å². The molecule has 1 saturated heterocycles. The summed E-state index contributed by atoms with van der Waals surface area (Å²) in [5.74, 6) is 1.73. The van der Waals surface area contributed by atoms with Crippen molar-refractivity contribution < 1.29 is 9.47 Å². The number of nitrogens with zero attached hydrogens (tertiary/aromatic N) is 3. The average Bonchev–Trinajstić information content (AvgIpc) is 3.18. The van der Waals surface area contributed by atoms with Crippen molar-refractivity contribution in [3.63, 3.8) is 0 Å². The van der Waals surface area contributed by atoms with Gasteiger partial charge >= 0.3 is 0 Å². The molecule has 0 radical (unpaired) electrons. The van der Waals surface area contributed by atoms with Gasteiger partial charge in [-0.1, -0.05) is 0 Å². The molecule has 5 heteroatoms. The third kappa shape index (κ3) is 3.72. The van der Waals surface area contributed by atoms with Crippen LogP contribution in [0.5, 0.6) is 5.75 Å². The fourth-order valence-corrected chi connectivity index (χ4v) is 3.05. The zero-order valence-electron chi connectivity index (χ0n) is 14.0. The van der Waals surface area contributed by atoms with E-state index in [1.54, 1.807) is 12.4 Å². The molecule has 25 heavy (non-hydrogen) atoms. The molecule has 0 spiro atoms. The lowest BCUT2D eigenvalue weighted by atomic mass is 10.1. The van der Waals surface area contributed by atoms with Gasteiger partial charge in [-0.3, -0.25) is 9.55 Å². The number of hydrogen-bond donors (Lipinski definition) is 0. The third-order valence-corrected chi connectivity index (χ3v) is 4.39. The summed E-state index contributed by atoms with van der Waals surface area (Å²) >= 11 is 0. The standard InChI is InChI=1S/C20H21N3O2/c1-2-13-24-19(5-1)15-25-18-8-6-17(7-9-18)23-12-11-22-20(23)16-4-3-10-21-14-16/h3-4,6-12,14,19H,1-2,5,13,15H2/t19-/m1/s1. The minimum atomic E-state index is 0.222. The topological polar surface area (TPSA) is 49.2 Å². The van der Waals surface area contributed by atoms with Crippen LogP contribution >= 0.6 is 0 Å². The molecule has 1 atom stereocenters. The van der Waals surface area contributed by atoms with Crippen LogP contribution in [0.25, 0.3) is 17.1 Å². The van der Waals surface area contributed by atoms with Crippen molar-refractivity contribution in [3.05, 3.63) is 61.2 Å². The van der Waals surface area contributed by atoms with Crippen molar-refractivity contribution in [1.82, 2.24) is 14.5 Å². The van der Waals surface area contributed by atoms with Crippen LogP contribution in [0, 0.1) is 0 Å². The number of rotatable bonds is 5. The van der Waals surface area contributed by atoms with Gasteiger partial charge in [0.05, 0.1) is 6.10 Å². The second-order valence-electron chi connectivity index (χ2n) is 6.16. The number of pyridine rings is 1.